The van der Waals surface area contributed by atoms with Gasteiger partial charge in [-0.2, -0.15) is 0 Å². The van der Waals surface area contributed by atoms with Gasteiger partial charge in [-0.3, -0.25) is 4.79 Å². The first-order chi connectivity index (χ1) is 12.1. The smallest absolute Gasteiger partial charge is 0.222 e. The second kappa shape index (κ2) is 6.64. The quantitative estimate of drug-likeness (QED) is 0.827. The zero-order valence-electron chi connectivity index (χ0n) is 15.7. The highest BCUT2D eigenvalue weighted by Gasteiger charge is 2.45. The highest BCUT2D eigenvalue weighted by atomic mass is 16.2. The van der Waals surface area contributed by atoms with Crippen LogP contribution in [0.4, 0.5) is 5.69 Å². The lowest BCUT2D eigenvalue weighted by Crippen LogP contribution is -2.55. The van der Waals surface area contributed by atoms with E-state index < -0.39 is 0 Å². The summed E-state index contributed by atoms with van der Waals surface area (Å²) in [6, 6.07) is 9.66. The van der Waals surface area contributed by atoms with Crippen LogP contribution in [0.2, 0.25) is 0 Å². The zero-order valence-corrected chi connectivity index (χ0v) is 15.7. The molecule has 0 aromatic heterocycles. The molecule has 3 saturated heterocycles. The summed E-state index contributed by atoms with van der Waals surface area (Å²) in [6.07, 6.45) is 6.67. The van der Waals surface area contributed by atoms with Crippen molar-refractivity contribution in [2.45, 2.75) is 57.0 Å². The molecule has 3 aliphatic heterocycles. The molecule has 1 spiro atoms. The van der Waals surface area contributed by atoms with E-state index in [0.717, 1.165) is 57.9 Å². The second-order valence-electron chi connectivity index (χ2n) is 8.27. The summed E-state index contributed by atoms with van der Waals surface area (Å²) < 4.78 is 0. The molecule has 0 unspecified atom stereocenters. The number of likely N-dealkylation sites (tertiary alicyclic amines) is 2. The Morgan fingerprint density at radius 3 is 2.16 bits per heavy atom. The van der Waals surface area contributed by atoms with E-state index in [0.29, 0.717) is 5.91 Å². The maximum absolute atomic E-state index is 11.9. The molecule has 0 N–H and O–H groups in total. The molecule has 4 nitrogen and oxygen atoms in total. The minimum absolute atomic E-state index is 0.177. The van der Waals surface area contributed by atoms with Crippen molar-refractivity contribution in [3.8, 4) is 0 Å². The maximum atomic E-state index is 11.9. The average molecular weight is 341 g/mol. The molecule has 3 fully saturated rings. The second-order valence-corrected chi connectivity index (χ2v) is 8.27. The summed E-state index contributed by atoms with van der Waals surface area (Å²) in [6.45, 7) is 6.79. The van der Waals surface area contributed by atoms with Crippen LogP contribution in [-0.2, 0) is 4.79 Å². The molecule has 4 rings (SSSR count). The number of hydrogen-bond donors (Lipinski definition) is 0. The summed E-state index contributed by atoms with van der Waals surface area (Å²) >= 11 is 0. The molecule has 1 aromatic carbocycles. The molecule has 0 bridgehead atoms. The third kappa shape index (κ3) is 3.17. The van der Waals surface area contributed by atoms with E-state index in [1.807, 2.05) is 7.05 Å². The molecular formula is C21H31N3O. The molecule has 25 heavy (non-hydrogen) atoms. The molecule has 1 aromatic rings. The fraction of sp³-hybridized carbons (Fsp3) is 0.667. The number of carbonyl (C=O) groups is 1. The number of hydrogen-bond acceptors (Lipinski definition) is 3. The van der Waals surface area contributed by atoms with Gasteiger partial charge in [-0.05, 0) is 51.2 Å². The van der Waals surface area contributed by atoms with Gasteiger partial charge in [0.05, 0.1) is 0 Å². The summed E-state index contributed by atoms with van der Waals surface area (Å²) in [5.74, 6) is 0.347. The van der Waals surface area contributed by atoms with E-state index in [1.165, 1.54) is 24.1 Å². The van der Waals surface area contributed by atoms with Crippen LogP contribution < -0.4 is 4.90 Å². The molecule has 0 saturated carbocycles. The molecule has 0 atom stereocenters. The molecule has 3 heterocycles. The minimum Gasteiger partial charge on any atom is -0.371 e. The van der Waals surface area contributed by atoms with Crippen molar-refractivity contribution < 1.29 is 4.79 Å². The van der Waals surface area contributed by atoms with Crippen LogP contribution in [0.15, 0.2) is 24.3 Å². The van der Waals surface area contributed by atoms with E-state index in [9.17, 15) is 4.79 Å². The van der Waals surface area contributed by atoms with Gasteiger partial charge in [-0.1, -0.05) is 17.7 Å². The number of rotatable bonds is 2. The lowest BCUT2D eigenvalue weighted by molar-refractivity contribution is -0.130. The molecular weight excluding hydrogens is 310 g/mol. The van der Waals surface area contributed by atoms with E-state index in [4.69, 9.17) is 0 Å². The van der Waals surface area contributed by atoms with Crippen molar-refractivity contribution in [3.05, 3.63) is 29.8 Å². The third-order valence-corrected chi connectivity index (χ3v) is 7.00. The zero-order chi connectivity index (χ0) is 17.4. The number of piperidine rings is 2. The van der Waals surface area contributed by atoms with Gasteiger partial charge >= 0.3 is 0 Å². The van der Waals surface area contributed by atoms with Crippen molar-refractivity contribution in [1.29, 1.82) is 0 Å². The molecule has 0 radical (unpaired) electrons. The van der Waals surface area contributed by atoms with E-state index >= 15 is 0 Å². The molecule has 4 heteroatoms. The Kier molecular flexibility index (Phi) is 4.48. The number of aryl methyl sites for hydroxylation is 1. The first-order valence-corrected chi connectivity index (χ1v) is 9.90. The Hall–Kier alpha value is -1.55. The predicted molar refractivity (Wildman–Crippen MR) is 102 cm³/mol. The van der Waals surface area contributed by atoms with E-state index in [-0.39, 0.29) is 5.54 Å². The van der Waals surface area contributed by atoms with Crippen LogP contribution >= 0.6 is 0 Å². The number of amides is 1. The van der Waals surface area contributed by atoms with Gasteiger partial charge in [0.1, 0.15) is 0 Å². The van der Waals surface area contributed by atoms with Crippen LogP contribution in [-0.4, -0.2) is 60.5 Å². The van der Waals surface area contributed by atoms with Gasteiger partial charge < -0.3 is 14.7 Å². The van der Waals surface area contributed by atoms with Crippen LogP contribution in [0, 0.1) is 6.92 Å². The SMILES string of the molecule is Cc1ccc(N2CCC(N3CCC4(CCC(=O)N4C)CC3)CC2)cc1. The van der Waals surface area contributed by atoms with Gasteiger partial charge in [0.2, 0.25) is 5.91 Å². The van der Waals surface area contributed by atoms with Gasteiger partial charge in [0.25, 0.3) is 0 Å². The number of benzene rings is 1. The highest BCUT2D eigenvalue weighted by Crippen LogP contribution is 2.39. The largest absolute Gasteiger partial charge is 0.371 e. The van der Waals surface area contributed by atoms with E-state index in [1.54, 1.807) is 0 Å². The Balaban J connectivity index is 1.30. The first-order valence-electron chi connectivity index (χ1n) is 9.90. The maximum Gasteiger partial charge on any atom is 0.222 e. The highest BCUT2D eigenvalue weighted by molar-refractivity contribution is 5.79. The van der Waals surface area contributed by atoms with Crippen LogP contribution in [0.1, 0.15) is 44.1 Å². The molecule has 0 aliphatic carbocycles. The van der Waals surface area contributed by atoms with Crippen LogP contribution in [0.3, 0.4) is 0 Å². The van der Waals surface area contributed by atoms with Crippen molar-refractivity contribution in [2.75, 3.05) is 38.1 Å². The van der Waals surface area contributed by atoms with Crippen molar-refractivity contribution in [2.24, 2.45) is 0 Å². The van der Waals surface area contributed by atoms with Crippen molar-refractivity contribution >= 4 is 11.6 Å². The monoisotopic (exact) mass is 341 g/mol. The van der Waals surface area contributed by atoms with Crippen LogP contribution in [0.5, 0.6) is 0 Å². The predicted octanol–water partition coefficient (Wildman–Crippen LogP) is 3.05. The van der Waals surface area contributed by atoms with E-state index in [2.05, 4.69) is 45.9 Å². The summed E-state index contributed by atoms with van der Waals surface area (Å²) in [5.41, 5.74) is 2.87. The Morgan fingerprint density at radius 1 is 0.960 bits per heavy atom. The lowest BCUT2D eigenvalue weighted by atomic mass is 9.84. The van der Waals surface area contributed by atoms with Crippen molar-refractivity contribution in [1.82, 2.24) is 9.80 Å². The molecule has 1 amide bonds. The Bertz CT molecular complexity index is 611. The summed E-state index contributed by atoms with van der Waals surface area (Å²) in [5, 5.41) is 0. The topological polar surface area (TPSA) is 26.8 Å². The van der Waals surface area contributed by atoms with Gasteiger partial charge in [-0.15, -0.1) is 0 Å². The summed E-state index contributed by atoms with van der Waals surface area (Å²) in [7, 11) is 2.02. The third-order valence-electron chi connectivity index (χ3n) is 7.00. The van der Waals surface area contributed by atoms with Gasteiger partial charge in [-0.25, -0.2) is 0 Å². The Morgan fingerprint density at radius 2 is 1.60 bits per heavy atom. The fourth-order valence-corrected chi connectivity index (χ4v) is 5.08. The lowest BCUT2D eigenvalue weighted by Gasteiger charge is -2.47. The van der Waals surface area contributed by atoms with Gasteiger partial charge in [0, 0.05) is 56.9 Å². The minimum atomic E-state index is 0.177. The number of carbonyl (C=O) groups excluding carboxylic acids is 1. The fourth-order valence-electron chi connectivity index (χ4n) is 5.08. The molecule has 136 valence electrons. The summed E-state index contributed by atoms with van der Waals surface area (Å²) in [4.78, 5) is 19.2. The van der Waals surface area contributed by atoms with Gasteiger partial charge in [0.15, 0.2) is 0 Å². The first kappa shape index (κ1) is 16.9. The molecule has 3 aliphatic rings. The standard InChI is InChI=1S/C21H31N3O/c1-17-3-5-18(6-4-17)23-13-8-19(9-14-23)24-15-11-21(12-16-24)10-7-20(25)22(21)2/h3-6,19H,7-16H2,1-2H3. The number of nitrogens with zero attached hydrogens (tertiary/aromatic N) is 3. The number of anilines is 1. The van der Waals surface area contributed by atoms with Crippen LogP contribution in [0.25, 0.3) is 0 Å². The average Bonchev–Trinajstić information content (AvgIpc) is 2.92. The normalized spacial score (nSPS) is 25.1. The van der Waals surface area contributed by atoms with Crippen molar-refractivity contribution in [3.63, 3.8) is 0 Å². The Labute approximate surface area is 151 Å².